The minimum Gasteiger partial charge on any atom is -0.455 e. The summed E-state index contributed by atoms with van der Waals surface area (Å²) in [5.41, 5.74) is 12.7. The van der Waals surface area contributed by atoms with Gasteiger partial charge in [0.1, 0.15) is 22.5 Å². The molecule has 1 spiro atoms. The molecule has 2 aliphatic rings. The first-order valence-electron chi connectivity index (χ1n) is 21.6. The molecule has 0 saturated carbocycles. The van der Waals surface area contributed by atoms with Gasteiger partial charge in [0.15, 0.2) is 34.1 Å². The van der Waals surface area contributed by atoms with Gasteiger partial charge in [0, 0.05) is 34.2 Å². The smallest absolute Gasteiger partial charge is 0.364 e. The highest BCUT2D eigenvalue weighted by Crippen LogP contribution is 2.54. The van der Waals surface area contributed by atoms with Gasteiger partial charge in [-0.3, -0.25) is 0 Å². The molecule has 0 bridgehead atoms. The number of imidazole rings is 1. The van der Waals surface area contributed by atoms with Crippen molar-refractivity contribution in [1.29, 1.82) is 0 Å². The molecule has 0 radical (unpaired) electrons. The van der Waals surface area contributed by atoms with Crippen molar-refractivity contribution in [1.82, 2.24) is 4.57 Å². The third-order valence-electron chi connectivity index (χ3n) is 13.6. The zero-order chi connectivity index (χ0) is 42.2. The van der Waals surface area contributed by atoms with Crippen LogP contribution < -0.4 is 14.3 Å². The van der Waals surface area contributed by atoms with E-state index in [1.54, 1.807) is 12.1 Å². The maximum atomic E-state index is 14.9. The Hall–Kier alpha value is -6.83. The summed E-state index contributed by atoms with van der Waals surface area (Å²) in [6.45, 7) is 13.4. The third-order valence-corrected chi connectivity index (χ3v) is 15.6. The van der Waals surface area contributed by atoms with Crippen molar-refractivity contribution in [2.45, 2.75) is 52.0 Å². The first-order valence-corrected chi connectivity index (χ1v) is 24.6. The monoisotopic (exact) mass is 812 g/mol. The zero-order valence-corrected chi connectivity index (χ0v) is 35.8. The van der Waals surface area contributed by atoms with Crippen molar-refractivity contribution in [3.8, 4) is 28.3 Å². The molecule has 4 aromatic heterocycles. The number of rotatable bonds is 3. The van der Waals surface area contributed by atoms with Crippen LogP contribution in [0.15, 0.2) is 148 Å². The van der Waals surface area contributed by atoms with E-state index in [1.807, 2.05) is 26.0 Å². The normalized spacial score (nSPS) is 16.1. The molecule has 7 heteroatoms. The third kappa shape index (κ3) is 4.34. The van der Waals surface area contributed by atoms with Gasteiger partial charge in [0.05, 0.1) is 24.8 Å². The molecule has 5 nitrogen and oxygen atoms in total. The molecule has 0 N–H and O–H groups in total. The summed E-state index contributed by atoms with van der Waals surface area (Å²) in [4.78, 5) is 0. The summed E-state index contributed by atoms with van der Waals surface area (Å²) in [6, 6.07) is 46.1. The minimum atomic E-state index is -2.06. The van der Waals surface area contributed by atoms with E-state index in [0.717, 1.165) is 105 Å². The average Bonchev–Trinajstić information content (AvgIpc) is 4.03. The number of nitrogens with zero attached hydrogens (tertiary/aromatic N) is 3. The van der Waals surface area contributed by atoms with Crippen LogP contribution in [-0.4, -0.2) is 12.6 Å². The molecule has 7 aromatic carbocycles. The molecule has 0 aliphatic carbocycles. The number of pyridine rings is 1. The Bertz CT molecular complexity index is 3830. The van der Waals surface area contributed by atoms with Gasteiger partial charge in [-0.1, -0.05) is 100 Å². The van der Waals surface area contributed by atoms with E-state index in [1.165, 1.54) is 11.3 Å². The predicted molar refractivity (Wildman–Crippen MR) is 246 cm³/mol. The fourth-order valence-electron chi connectivity index (χ4n) is 11.0. The second-order valence-electron chi connectivity index (χ2n) is 18.3. The van der Waals surface area contributed by atoms with Crippen molar-refractivity contribution >= 4 is 78.9 Å². The van der Waals surface area contributed by atoms with E-state index >= 15 is 0 Å². The lowest BCUT2D eigenvalue weighted by Crippen LogP contribution is -2.72. The quantitative estimate of drug-likeness (QED) is 0.132. The van der Waals surface area contributed by atoms with Crippen LogP contribution in [-0.2, 0) is 5.66 Å². The van der Waals surface area contributed by atoms with Crippen molar-refractivity contribution in [3.63, 3.8) is 0 Å². The van der Waals surface area contributed by atoms with Gasteiger partial charge >= 0.3 is 11.5 Å². The van der Waals surface area contributed by atoms with E-state index < -0.39 is 19.6 Å². The first kappa shape index (κ1) is 33.9. The number of halogens is 1. The number of hydrogen-bond acceptors (Lipinski definition) is 2. The number of fused-ring (bicyclic) bond motifs is 20. The minimum absolute atomic E-state index is 0.302. The van der Waals surface area contributed by atoms with Crippen LogP contribution in [0.5, 0.6) is 0 Å². The maximum Gasteiger partial charge on any atom is 0.364 e. The Morgan fingerprint density at radius 1 is 0.721 bits per heavy atom. The largest absolute Gasteiger partial charge is 0.455 e. The van der Waals surface area contributed by atoms with Gasteiger partial charge in [-0.25, -0.2) is 4.39 Å². The van der Waals surface area contributed by atoms with Crippen molar-refractivity contribution < 1.29 is 23.7 Å². The number of aromatic nitrogens is 3. The van der Waals surface area contributed by atoms with Gasteiger partial charge < -0.3 is 8.83 Å². The highest BCUT2D eigenvalue weighted by molar-refractivity contribution is 6.89. The van der Waals surface area contributed by atoms with Crippen LogP contribution in [0, 0.1) is 12.7 Å². The van der Waals surface area contributed by atoms with E-state index in [-0.39, 0.29) is 5.82 Å². The van der Waals surface area contributed by atoms with E-state index in [4.69, 9.17) is 8.83 Å². The van der Waals surface area contributed by atoms with Crippen LogP contribution in [0.1, 0.15) is 43.4 Å². The number of para-hydroxylation sites is 2. The predicted octanol–water partition coefficient (Wildman–Crippen LogP) is 12.5. The molecule has 0 amide bonds. The Kier molecular flexibility index (Phi) is 6.51. The second kappa shape index (κ2) is 11.7. The molecule has 6 heterocycles. The van der Waals surface area contributed by atoms with Crippen molar-refractivity contribution in [3.05, 3.63) is 168 Å². The van der Waals surface area contributed by atoms with E-state index in [0.29, 0.717) is 11.2 Å². The number of hydrogen-bond donors (Lipinski definition) is 0. The first-order chi connectivity index (χ1) is 29.8. The van der Waals surface area contributed by atoms with Crippen LogP contribution in [0.2, 0.25) is 19.6 Å². The summed E-state index contributed by atoms with van der Waals surface area (Å²) in [5, 5.41) is 7.26. The van der Waals surface area contributed by atoms with E-state index in [2.05, 4.69) is 150 Å². The van der Waals surface area contributed by atoms with Crippen LogP contribution >= 0.6 is 0 Å². The summed E-state index contributed by atoms with van der Waals surface area (Å²) in [5.74, 6) is -0.158. The molecule has 1 unspecified atom stereocenters. The van der Waals surface area contributed by atoms with Gasteiger partial charge in [0.25, 0.3) is 0 Å². The molecule has 0 fully saturated rings. The fraction of sp³-hybridized carbons (Fsp3) is 0.148. The summed E-state index contributed by atoms with van der Waals surface area (Å²) in [6.07, 6.45) is 2.41. The molecule has 1 atom stereocenters. The highest BCUT2D eigenvalue weighted by atomic mass is 28.3. The molecule has 61 heavy (non-hydrogen) atoms. The summed E-state index contributed by atoms with van der Waals surface area (Å²) >= 11 is 0. The lowest BCUT2D eigenvalue weighted by molar-refractivity contribution is -0.944. The van der Waals surface area contributed by atoms with Gasteiger partial charge in [-0.2, -0.15) is 4.57 Å². The van der Waals surface area contributed by atoms with Crippen molar-refractivity contribution in [2.75, 3.05) is 0 Å². The molecule has 13 rings (SSSR count). The number of benzene rings is 7. The lowest BCUT2D eigenvalue weighted by atomic mass is 9.87. The van der Waals surface area contributed by atoms with Crippen molar-refractivity contribution in [2.24, 2.45) is 0 Å². The second-order valence-corrected chi connectivity index (χ2v) is 23.4. The average molecular weight is 813 g/mol. The fourth-order valence-corrected chi connectivity index (χ4v) is 12.7. The lowest BCUT2D eigenvalue weighted by Gasteiger charge is -2.25. The molecule has 11 aromatic rings. The molecule has 0 saturated heterocycles. The molecular formula is C54H42FN3O2Si+2. The Labute approximate surface area is 353 Å². The van der Waals surface area contributed by atoms with E-state index in [9.17, 15) is 5.76 Å². The zero-order valence-electron chi connectivity index (χ0n) is 35.8. The summed E-state index contributed by atoms with van der Waals surface area (Å²) in [7, 11) is -2.06. The maximum absolute atomic E-state index is 14.9. The Morgan fingerprint density at radius 2 is 1.44 bits per heavy atom. The topological polar surface area (TPSA) is 39.0 Å². The molecular weight excluding hydrogens is 770 g/mol. The van der Waals surface area contributed by atoms with Crippen LogP contribution in [0.4, 0.5) is 4.39 Å². The summed E-state index contributed by atoms with van der Waals surface area (Å²) < 4.78 is 45.8. The number of furan rings is 2. The van der Waals surface area contributed by atoms with Gasteiger partial charge in [-0.15, -0.1) is 9.13 Å². The van der Waals surface area contributed by atoms with Crippen LogP contribution in [0.3, 0.4) is 0 Å². The highest BCUT2D eigenvalue weighted by Gasteiger charge is 2.67. The molecule has 2 aliphatic heterocycles. The Balaban J connectivity index is 1.31. The Morgan fingerprint density at radius 3 is 2.26 bits per heavy atom. The molecule has 294 valence electrons. The van der Waals surface area contributed by atoms with Gasteiger partial charge in [0.2, 0.25) is 5.69 Å². The SMILES string of the molecule is [2H]C(C)(C)c1cc2[n+](cc1[Si](C)(C)C)C1(c3ccccc3-2)c2cc(C)c3c(oc4ccccc43)c2-c2n(-c3cccc4c3oc3ccc(F)cc34)c3cc4ccccc4cc3[n+]21. The standard InChI is InChI=1S/C54H42FN3O2Si/c1-30(2)38-28-43-36-16-9-11-19-40(36)54(56(43)29-48(38)61(4,5)6)41-24-31(3)49-37-17-10-12-21-46(37)60-52(49)50(41)53-57(44-25-32-14-7-8-15-33(32)26-45(44)58(53)54)42-20-13-18-35-39-27-34(55)22-23-47(39)59-51(35)42/h7-30H,1-6H3/q+2/i30D. The number of aryl methyl sites for hydroxylation is 1. The van der Waals surface area contributed by atoms with Gasteiger partial charge in [-0.05, 0) is 95.4 Å². The van der Waals surface area contributed by atoms with Crippen LogP contribution in [0.25, 0.3) is 94.0 Å².